The molecule has 0 aliphatic heterocycles. The number of rotatable bonds is 6. The van der Waals surface area contributed by atoms with Crippen molar-refractivity contribution in [3.8, 4) is 0 Å². The number of nitrogen functional groups attached to an aromatic ring is 1. The standard InChI is InChI=1S/C9H16N4O3S/c1-2-13(5-6-14)17(15,16)9-7-11-4-3-8(9)12-10/h3-4,7,14H,2,5-6,10H2,1H3,(H,11,12). The molecule has 1 rings (SSSR count). The highest BCUT2D eigenvalue weighted by atomic mass is 32.2. The zero-order valence-electron chi connectivity index (χ0n) is 9.50. The number of aromatic nitrogens is 1. The zero-order chi connectivity index (χ0) is 12.9. The van der Waals surface area contributed by atoms with Gasteiger partial charge in [0.1, 0.15) is 4.90 Å². The molecule has 1 aromatic rings. The number of aliphatic hydroxyl groups excluding tert-OH is 1. The summed E-state index contributed by atoms with van der Waals surface area (Å²) < 4.78 is 25.6. The highest BCUT2D eigenvalue weighted by Crippen LogP contribution is 2.22. The van der Waals surface area contributed by atoms with Crippen molar-refractivity contribution < 1.29 is 13.5 Å². The molecule has 0 unspecified atom stereocenters. The van der Waals surface area contributed by atoms with Crippen LogP contribution >= 0.6 is 0 Å². The van der Waals surface area contributed by atoms with Crippen LogP contribution in [0.4, 0.5) is 5.69 Å². The summed E-state index contributed by atoms with van der Waals surface area (Å²) >= 11 is 0. The molecule has 4 N–H and O–H groups in total. The summed E-state index contributed by atoms with van der Waals surface area (Å²) in [6, 6.07) is 1.47. The molecule has 0 radical (unpaired) electrons. The number of sulfonamides is 1. The average Bonchev–Trinajstić information content (AvgIpc) is 2.35. The van der Waals surface area contributed by atoms with Gasteiger partial charge in [0, 0.05) is 25.5 Å². The van der Waals surface area contributed by atoms with Gasteiger partial charge in [-0.15, -0.1) is 0 Å². The molecule has 0 spiro atoms. The summed E-state index contributed by atoms with van der Waals surface area (Å²) in [5.74, 6) is 5.25. The van der Waals surface area contributed by atoms with Gasteiger partial charge in [-0.1, -0.05) is 6.92 Å². The summed E-state index contributed by atoms with van der Waals surface area (Å²) in [6.45, 7) is 1.76. The number of nitrogens with one attached hydrogen (secondary N) is 1. The van der Waals surface area contributed by atoms with Crippen LogP contribution in [0.1, 0.15) is 6.92 Å². The summed E-state index contributed by atoms with van der Waals surface area (Å²) in [7, 11) is -3.69. The molecule has 0 aliphatic rings. The Hall–Kier alpha value is -1.22. The van der Waals surface area contributed by atoms with Crippen LogP contribution < -0.4 is 11.3 Å². The van der Waals surface area contributed by atoms with E-state index < -0.39 is 10.0 Å². The average molecular weight is 260 g/mol. The van der Waals surface area contributed by atoms with Crippen molar-refractivity contribution in [2.24, 2.45) is 5.84 Å². The van der Waals surface area contributed by atoms with Crippen molar-refractivity contribution in [3.05, 3.63) is 18.5 Å². The van der Waals surface area contributed by atoms with Crippen LogP contribution in [0.3, 0.4) is 0 Å². The Morgan fingerprint density at radius 1 is 1.59 bits per heavy atom. The molecule has 8 heteroatoms. The fourth-order valence-corrected chi connectivity index (χ4v) is 2.94. The molecule has 0 atom stereocenters. The van der Waals surface area contributed by atoms with Crippen molar-refractivity contribution in [2.45, 2.75) is 11.8 Å². The lowest BCUT2D eigenvalue weighted by atomic mass is 10.4. The largest absolute Gasteiger partial charge is 0.395 e. The minimum atomic E-state index is -3.69. The van der Waals surface area contributed by atoms with Crippen molar-refractivity contribution in [1.29, 1.82) is 0 Å². The SMILES string of the molecule is CCN(CCO)S(=O)(=O)c1cnccc1NN. The molecule has 0 aromatic carbocycles. The first-order valence-electron chi connectivity index (χ1n) is 5.09. The van der Waals surface area contributed by atoms with Gasteiger partial charge in [-0.05, 0) is 6.07 Å². The van der Waals surface area contributed by atoms with E-state index in [9.17, 15) is 8.42 Å². The molecule has 0 amide bonds. The van der Waals surface area contributed by atoms with Gasteiger partial charge in [-0.3, -0.25) is 10.8 Å². The Balaban J connectivity index is 3.20. The topological polar surface area (TPSA) is 109 Å². The second kappa shape index (κ2) is 5.92. The highest BCUT2D eigenvalue weighted by Gasteiger charge is 2.25. The second-order valence-corrected chi connectivity index (χ2v) is 5.14. The van der Waals surface area contributed by atoms with Crippen molar-refractivity contribution in [3.63, 3.8) is 0 Å². The monoisotopic (exact) mass is 260 g/mol. The van der Waals surface area contributed by atoms with E-state index in [-0.39, 0.29) is 30.3 Å². The molecule has 1 aromatic heterocycles. The number of nitrogens with zero attached hydrogens (tertiary/aromatic N) is 2. The number of pyridine rings is 1. The van der Waals surface area contributed by atoms with Crippen LogP contribution in [0.15, 0.2) is 23.4 Å². The molecule has 1 heterocycles. The van der Waals surface area contributed by atoms with E-state index in [1.54, 1.807) is 6.92 Å². The van der Waals surface area contributed by atoms with Crippen LogP contribution in [0, 0.1) is 0 Å². The zero-order valence-corrected chi connectivity index (χ0v) is 10.3. The van der Waals surface area contributed by atoms with E-state index in [0.29, 0.717) is 0 Å². The van der Waals surface area contributed by atoms with Crippen molar-refractivity contribution >= 4 is 15.7 Å². The summed E-state index contributed by atoms with van der Waals surface area (Å²) in [4.78, 5) is 3.77. The van der Waals surface area contributed by atoms with E-state index in [1.165, 1.54) is 18.5 Å². The van der Waals surface area contributed by atoms with Gasteiger partial charge in [-0.2, -0.15) is 4.31 Å². The third-order valence-corrected chi connectivity index (χ3v) is 4.26. The fourth-order valence-electron chi connectivity index (χ4n) is 1.40. The number of likely N-dealkylation sites (N-methyl/N-ethyl adjacent to an activating group) is 1. The van der Waals surface area contributed by atoms with Crippen molar-refractivity contribution in [1.82, 2.24) is 9.29 Å². The lowest BCUT2D eigenvalue weighted by molar-refractivity contribution is 0.257. The number of aliphatic hydroxyl groups is 1. The lowest BCUT2D eigenvalue weighted by Crippen LogP contribution is -2.34. The van der Waals surface area contributed by atoms with E-state index in [1.807, 2.05) is 0 Å². The van der Waals surface area contributed by atoms with Gasteiger partial charge in [0.25, 0.3) is 0 Å². The summed E-state index contributed by atoms with van der Waals surface area (Å²) in [5.41, 5.74) is 2.59. The Labute approximate surface area is 100 Å². The Bertz CT molecular complexity index is 463. The number of nitrogens with two attached hydrogens (primary N) is 1. The number of hydrogen-bond donors (Lipinski definition) is 3. The third-order valence-electron chi connectivity index (χ3n) is 2.26. The van der Waals surface area contributed by atoms with Gasteiger partial charge < -0.3 is 10.5 Å². The molecule has 0 aliphatic carbocycles. The minimum absolute atomic E-state index is 0.00204. The Morgan fingerprint density at radius 2 is 2.29 bits per heavy atom. The molecular formula is C9H16N4O3S. The first-order chi connectivity index (χ1) is 8.07. The predicted molar refractivity (Wildman–Crippen MR) is 63.6 cm³/mol. The van der Waals surface area contributed by atoms with Gasteiger partial charge >= 0.3 is 0 Å². The lowest BCUT2D eigenvalue weighted by Gasteiger charge is -2.20. The van der Waals surface area contributed by atoms with Gasteiger partial charge in [0.05, 0.1) is 12.3 Å². The van der Waals surface area contributed by atoms with Gasteiger partial charge in [0.2, 0.25) is 10.0 Å². The van der Waals surface area contributed by atoms with Crippen LogP contribution in [0.2, 0.25) is 0 Å². The predicted octanol–water partition coefficient (Wildman–Crippen LogP) is -0.630. The Morgan fingerprint density at radius 3 is 2.82 bits per heavy atom. The molecular weight excluding hydrogens is 244 g/mol. The molecule has 0 saturated heterocycles. The second-order valence-electron chi connectivity index (χ2n) is 3.24. The van der Waals surface area contributed by atoms with Crippen molar-refractivity contribution in [2.75, 3.05) is 25.1 Å². The van der Waals surface area contributed by atoms with Gasteiger partial charge in [-0.25, -0.2) is 8.42 Å². The number of hydrogen-bond acceptors (Lipinski definition) is 6. The Kier molecular flexibility index (Phi) is 4.82. The molecule has 7 nitrogen and oxygen atoms in total. The third kappa shape index (κ3) is 2.91. The van der Waals surface area contributed by atoms with E-state index in [0.717, 1.165) is 4.31 Å². The van der Waals surface area contributed by atoms with Gasteiger partial charge in [0.15, 0.2) is 0 Å². The maximum absolute atomic E-state index is 12.2. The normalized spacial score (nSPS) is 11.8. The van der Waals surface area contributed by atoms with E-state index in [4.69, 9.17) is 10.9 Å². The van der Waals surface area contributed by atoms with Crippen LogP contribution in [0.5, 0.6) is 0 Å². The van der Waals surface area contributed by atoms with E-state index in [2.05, 4.69) is 10.4 Å². The fraction of sp³-hybridized carbons (Fsp3) is 0.444. The first kappa shape index (κ1) is 13.8. The maximum atomic E-state index is 12.2. The quantitative estimate of drug-likeness (QED) is 0.464. The molecule has 0 fully saturated rings. The first-order valence-corrected chi connectivity index (χ1v) is 6.53. The molecule has 0 saturated carbocycles. The molecule has 96 valence electrons. The molecule has 17 heavy (non-hydrogen) atoms. The van der Waals surface area contributed by atoms with Crippen LogP contribution in [-0.2, 0) is 10.0 Å². The smallest absolute Gasteiger partial charge is 0.246 e. The maximum Gasteiger partial charge on any atom is 0.246 e. The van der Waals surface area contributed by atoms with Crippen LogP contribution in [-0.4, -0.2) is 42.5 Å². The van der Waals surface area contributed by atoms with Crippen LogP contribution in [0.25, 0.3) is 0 Å². The molecule has 0 bridgehead atoms. The minimum Gasteiger partial charge on any atom is -0.395 e. The summed E-state index contributed by atoms with van der Waals surface area (Å²) in [6.07, 6.45) is 2.67. The van der Waals surface area contributed by atoms with E-state index >= 15 is 0 Å². The summed E-state index contributed by atoms with van der Waals surface area (Å²) in [5, 5.41) is 8.84. The number of anilines is 1. The highest BCUT2D eigenvalue weighted by molar-refractivity contribution is 7.89. The number of hydrazine groups is 1.